The lowest BCUT2D eigenvalue weighted by Gasteiger charge is -2.15. The summed E-state index contributed by atoms with van der Waals surface area (Å²) in [5.41, 5.74) is 13.8. The van der Waals surface area contributed by atoms with Crippen LogP contribution in [0.15, 0.2) is 215 Å². The van der Waals surface area contributed by atoms with Crippen LogP contribution in [0.3, 0.4) is 0 Å². The average molecular weight is 747 g/mol. The van der Waals surface area contributed by atoms with Crippen LogP contribution >= 0.6 is 0 Å². The third-order valence-electron chi connectivity index (χ3n) is 10.3. The summed E-state index contributed by atoms with van der Waals surface area (Å²) in [7, 11) is 0. The first-order valence-electron chi connectivity index (χ1n) is 19.1. The lowest BCUT2D eigenvalue weighted by atomic mass is 9.89. The van der Waals surface area contributed by atoms with E-state index in [1.165, 1.54) is 11.1 Å². The molecule has 8 aromatic carbocycles. The maximum atomic E-state index is 6.46. The predicted molar refractivity (Wildman–Crippen MR) is 231 cm³/mol. The van der Waals surface area contributed by atoms with Crippen LogP contribution in [0.25, 0.3) is 101 Å². The summed E-state index contributed by atoms with van der Waals surface area (Å²) in [6.07, 6.45) is 0. The second kappa shape index (κ2) is 15.3. The molecule has 6 nitrogen and oxygen atoms in total. The zero-order valence-electron chi connectivity index (χ0n) is 31.2. The molecule has 0 spiro atoms. The van der Waals surface area contributed by atoms with Gasteiger partial charge in [-0.1, -0.05) is 170 Å². The van der Waals surface area contributed by atoms with Crippen LogP contribution in [-0.4, -0.2) is 20.4 Å². The summed E-state index contributed by atoms with van der Waals surface area (Å²) in [6, 6.07) is 70.4. The Morgan fingerprint density at radius 1 is 0.207 bits per heavy atom. The molecule has 0 amide bonds. The van der Waals surface area contributed by atoms with E-state index in [9.17, 15) is 0 Å². The average Bonchev–Trinajstić information content (AvgIpc) is 4.02. The molecule has 0 aliphatic rings. The van der Waals surface area contributed by atoms with Gasteiger partial charge in [-0.25, -0.2) is 0 Å². The molecule has 0 radical (unpaired) electrons. The second-order valence-corrected chi connectivity index (χ2v) is 14.0. The van der Waals surface area contributed by atoms with Crippen LogP contribution in [0.5, 0.6) is 0 Å². The van der Waals surface area contributed by atoms with E-state index < -0.39 is 0 Å². The van der Waals surface area contributed by atoms with E-state index >= 15 is 0 Å². The van der Waals surface area contributed by atoms with Crippen LogP contribution in [-0.2, 0) is 0 Å². The van der Waals surface area contributed by atoms with Gasteiger partial charge in [-0.3, -0.25) is 0 Å². The van der Waals surface area contributed by atoms with Crippen molar-refractivity contribution >= 4 is 0 Å². The van der Waals surface area contributed by atoms with Crippen molar-refractivity contribution in [1.29, 1.82) is 0 Å². The fourth-order valence-corrected chi connectivity index (χ4v) is 7.30. The largest absolute Gasteiger partial charge is 0.416 e. The van der Waals surface area contributed by atoms with Crippen LogP contribution in [0.1, 0.15) is 0 Å². The topological polar surface area (TPSA) is 77.8 Å². The van der Waals surface area contributed by atoms with Crippen molar-refractivity contribution in [3.63, 3.8) is 0 Å². The monoisotopic (exact) mass is 746 g/mol. The van der Waals surface area contributed by atoms with Crippen LogP contribution < -0.4 is 0 Å². The van der Waals surface area contributed by atoms with E-state index in [2.05, 4.69) is 154 Å². The Hall–Kier alpha value is -7.96. The summed E-state index contributed by atoms with van der Waals surface area (Å²) >= 11 is 0. The van der Waals surface area contributed by atoms with Crippen molar-refractivity contribution in [2.75, 3.05) is 0 Å². The van der Waals surface area contributed by atoms with Crippen molar-refractivity contribution < 1.29 is 8.83 Å². The van der Waals surface area contributed by atoms with E-state index in [4.69, 9.17) is 8.83 Å². The van der Waals surface area contributed by atoms with E-state index in [1.54, 1.807) is 0 Å². The van der Waals surface area contributed by atoms with Gasteiger partial charge in [0.2, 0.25) is 23.6 Å². The van der Waals surface area contributed by atoms with Gasteiger partial charge < -0.3 is 8.83 Å². The fraction of sp³-hybridized carbons (Fsp3) is 0. The van der Waals surface area contributed by atoms with Gasteiger partial charge in [-0.05, 0) is 92.0 Å². The highest BCUT2D eigenvalue weighted by Gasteiger charge is 2.22. The number of benzene rings is 8. The maximum Gasteiger partial charge on any atom is 0.248 e. The summed E-state index contributed by atoms with van der Waals surface area (Å²) in [6.45, 7) is 0. The molecule has 0 aliphatic carbocycles. The highest BCUT2D eigenvalue weighted by molar-refractivity contribution is 5.92. The molecule has 10 rings (SSSR count). The molecule has 2 heterocycles. The minimum Gasteiger partial charge on any atom is -0.416 e. The quantitative estimate of drug-likeness (QED) is 0.146. The smallest absolute Gasteiger partial charge is 0.248 e. The Morgan fingerprint density at radius 3 is 0.810 bits per heavy atom. The zero-order chi connectivity index (χ0) is 38.7. The molecule has 274 valence electrons. The van der Waals surface area contributed by atoms with Crippen molar-refractivity contribution in [1.82, 2.24) is 20.4 Å². The Labute approximate surface area is 335 Å². The van der Waals surface area contributed by atoms with Crippen molar-refractivity contribution in [3.8, 4) is 101 Å². The molecule has 0 saturated heterocycles. The molecule has 0 aliphatic heterocycles. The number of rotatable bonds is 9. The molecule has 2 aromatic heterocycles. The molecular formula is C52H34N4O2. The van der Waals surface area contributed by atoms with E-state index in [1.807, 2.05) is 72.8 Å². The molecular weight excluding hydrogens is 713 g/mol. The molecule has 6 heteroatoms. The highest BCUT2D eigenvalue weighted by Crippen LogP contribution is 2.42. The van der Waals surface area contributed by atoms with Crippen molar-refractivity contribution in [3.05, 3.63) is 206 Å². The first kappa shape index (κ1) is 34.5. The van der Waals surface area contributed by atoms with Crippen LogP contribution in [0.2, 0.25) is 0 Å². The third kappa shape index (κ3) is 6.91. The third-order valence-corrected chi connectivity index (χ3v) is 10.3. The zero-order valence-corrected chi connectivity index (χ0v) is 31.2. The number of hydrogen-bond donors (Lipinski definition) is 0. The SMILES string of the molecule is c1ccc(-c2ccc(-c3ccc(-c4ccc(-c5ccc(-c6ccccc6)cc5)cc4-c4nnc(-c5ccccc5)o4)c(-c4nnc(-c5ccccc5)o4)c3)cc2)cc1. The van der Waals surface area contributed by atoms with Gasteiger partial charge in [0.25, 0.3) is 0 Å². The van der Waals surface area contributed by atoms with Crippen molar-refractivity contribution in [2.45, 2.75) is 0 Å². The Morgan fingerprint density at radius 2 is 0.466 bits per heavy atom. The van der Waals surface area contributed by atoms with Gasteiger partial charge in [-0.2, -0.15) is 0 Å². The van der Waals surface area contributed by atoms with Gasteiger partial charge in [-0.15, -0.1) is 20.4 Å². The number of hydrogen-bond acceptors (Lipinski definition) is 6. The van der Waals surface area contributed by atoms with Gasteiger partial charge in [0, 0.05) is 22.3 Å². The normalized spacial score (nSPS) is 11.1. The second-order valence-electron chi connectivity index (χ2n) is 14.0. The molecule has 0 N–H and O–H groups in total. The molecule has 0 unspecified atom stereocenters. The molecule has 58 heavy (non-hydrogen) atoms. The van der Waals surface area contributed by atoms with Gasteiger partial charge >= 0.3 is 0 Å². The standard InChI is InChI=1S/C52H34N4O2/c1-5-13-35(14-6-1)37-21-25-39(26-22-37)43-29-31-45(47(33-43)51-55-53-49(57-51)41-17-9-3-10-18-41)46-32-30-44(40-27-23-38(24-28-40)36-15-7-2-8-16-36)34-48(46)52-56-54-50(58-52)42-19-11-4-12-20-42/h1-34H. The maximum absolute atomic E-state index is 6.46. The summed E-state index contributed by atoms with van der Waals surface area (Å²) in [5, 5.41) is 18.2. The predicted octanol–water partition coefficient (Wildman–Crippen LogP) is 13.5. The molecule has 0 bridgehead atoms. The highest BCUT2D eigenvalue weighted by atomic mass is 16.4. The lowest BCUT2D eigenvalue weighted by molar-refractivity contribution is 0.583. The Kier molecular flexibility index (Phi) is 9.10. The molecule has 10 aromatic rings. The molecule has 0 atom stereocenters. The van der Waals surface area contributed by atoms with Gasteiger partial charge in [0.05, 0.1) is 0 Å². The first-order valence-corrected chi connectivity index (χ1v) is 19.1. The van der Waals surface area contributed by atoms with Crippen LogP contribution in [0, 0.1) is 0 Å². The van der Waals surface area contributed by atoms with E-state index in [0.29, 0.717) is 23.6 Å². The fourth-order valence-electron chi connectivity index (χ4n) is 7.30. The van der Waals surface area contributed by atoms with Gasteiger partial charge in [0.1, 0.15) is 0 Å². The Bertz CT molecular complexity index is 2750. The van der Waals surface area contributed by atoms with Crippen molar-refractivity contribution in [2.24, 2.45) is 0 Å². The summed E-state index contributed by atoms with van der Waals surface area (Å²) < 4.78 is 12.9. The minimum atomic E-state index is 0.402. The molecule has 0 saturated carbocycles. The summed E-state index contributed by atoms with van der Waals surface area (Å²) in [5.74, 6) is 1.69. The summed E-state index contributed by atoms with van der Waals surface area (Å²) in [4.78, 5) is 0. The minimum absolute atomic E-state index is 0.402. The first-order chi connectivity index (χ1) is 28.7. The van der Waals surface area contributed by atoms with E-state index in [0.717, 1.165) is 66.8 Å². The van der Waals surface area contributed by atoms with Crippen LogP contribution in [0.4, 0.5) is 0 Å². The van der Waals surface area contributed by atoms with Gasteiger partial charge in [0.15, 0.2) is 0 Å². The Balaban J connectivity index is 1.12. The number of aromatic nitrogens is 4. The molecule has 0 fully saturated rings. The lowest BCUT2D eigenvalue weighted by Crippen LogP contribution is -1.93. The number of nitrogens with zero attached hydrogens (tertiary/aromatic N) is 4. The van der Waals surface area contributed by atoms with E-state index in [-0.39, 0.29) is 0 Å².